The van der Waals surface area contributed by atoms with Gasteiger partial charge in [-0.05, 0) is 56.3 Å². The lowest BCUT2D eigenvalue weighted by molar-refractivity contribution is 0.224. The van der Waals surface area contributed by atoms with E-state index in [0.29, 0.717) is 12.2 Å². The first kappa shape index (κ1) is 18.2. The van der Waals surface area contributed by atoms with Crippen molar-refractivity contribution in [2.45, 2.75) is 18.9 Å². The lowest BCUT2D eigenvalue weighted by atomic mass is 10.0. The van der Waals surface area contributed by atoms with Crippen molar-refractivity contribution in [2.24, 2.45) is 0 Å². The second-order valence-corrected chi connectivity index (χ2v) is 6.34. The number of hydrogen-bond acceptors (Lipinski definition) is 3. The van der Waals surface area contributed by atoms with Gasteiger partial charge in [0.25, 0.3) is 0 Å². The normalized spacial score (nSPS) is 15.5. The van der Waals surface area contributed by atoms with E-state index in [1.807, 2.05) is 24.3 Å². The Morgan fingerprint density at radius 3 is 2.54 bits per heavy atom. The second kappa shape index (κ2) is 8.67. The molecule has 5 nitrogen and oxygen atoms in total. The number of nitrogens with one attached hydrogen (secondary N) is 2. The molecule has 3 rings (SSSR count). The predicted octanol–water partition coefficient (Wildman–Crippen LogP) is 3.79. The lowest BCUT2D eigenvalue weighted by Crippen LogP contribution is -2.38. The number of nitrogens with zero attached hydrogens (tertiary/aromatic N) is 1. The summed E-state index contributed by atoms with van der Waals surface area (Å²) >= 11 is 0. The summed E-state index contributed by atoms with van der Waals surface area (Å²) in [6.45, 7) is 2.47. The minimum absolute atomic E-state index is 0.0487. The van der Waals surface area contributed by atoms with E-state index in [2.05, 4.69) is 15.5 Å². The zero-order valence-corrected chi connectivity index (χ0v) is 14.9. The van der Waals surface area contributed by atoms with E-state index in [4.69, 9.17) is 4.74 Å². The van der Waals surface area contributed by atoms with Crippen LogP contribution in [0.5, 0.6) is 5.75 Å². The quantitative estimate of drug-likeness (QED) is 0.827. The molecule has 1 heterocycles. The van der Waals surface area contributed by atoms with Crippen LogP contribution in [0.3, 0.4) is 0 Å². The van der Waals surface area contributed by atoms with E-state index in [-0.39, 0.29) is 17.9 Å². The van der Waals surface area contributed by atoms with Crippen molar-refractivity contribution in [3.63, 3.8) is 0 Å². The molecule has 2 aromatic carbocycles. The van der Waals surface area contributed by atoms with Crippen LogP contribution >= 0.6 is 0 Å². The molecule has 1 atom stereocenters. The molecule has 0 saturated carbocycles. The van der Waals surface area contributed by atoms with Crippen molar-refractivity contribution in [3.8, 4) is 5.75 Å². The van der Waals surface area contributed by atoms with Gasteiger partial charge in [0, 0.05) is 17.8 Å². The summed E-state index contributed by atoms with van der Waals surface area (Å²) in [5.74, 6) is 0.492. The highest BCUT2D eigenvalue weighted by molar-refractivity contribution is 5.89. The number of likely N-dealkylation sites (tertiary alicyclic amines) is 1. The molecule has 0 unspecified atom stereocenters. The third-order valence-corrected chi connectivity index (χ3v) is 4.64. The molecule has 26 heavy (non-hydrogen) atoms. The molecule has 1 saturated heterocycles. The molecule has 1 fully saturated rings. The summed E-state index contributed by atoms with van der Waals surface area (Å²) in [6, 6.07) is 13.4. The number of ether oxygens (including phenoxy) is 1. The van der Waals surface area contributed by atoms with Gasteiger partial charge in [-0.25, -0.2) is 9.18 Å². The molecular formula is C20H24FN3O2. The molecule has 1 aliphatic rings. The number of para-hydroxylation sites is 1. The number of amides is 2. The van der Waals surface area contributed by atoms with Gasteiger partial charge in [0.15, 0.2) is 0 Å². The summed E-state index contributed by atoms with van der Waals surface area (Å²) in [7, 11) is 1.66. The smallest absolute Gasteiger partial charge is 0.319 e. The number of carbonyl (C=O) groups is 1. The zero-order valence-electron chi connectivity index (χ0n) is 14.9. The highest BCUT2D eigenvalue weighted by Crippen LogP contribution is 2.31. The average molecular weight is 357 g/mol. The van der Waals surface area contributed by atoms with Crippen LogP contribution in [-0.2, 0) is 0 Å². The SMILES string of the molecule is COc1ccccc1[C@H](CNC(=O)Nc1ccc(F)cc1)N1CCCC1. The van der Waals surface area contributed by atoms with E-state index in [0.717, 1.165) is 37.2 Å². The minimum atomic E-state index is -0.332. The standard InChI is InChI=1S/C20H24FN3O2/c1-26-19-7-3-2-6-17(19)18(24-12-4-5-13-24)14-22-20(25)23-16-10-8-15(21)9-11-16/h2-3,6-11,18H,4-5,12-14H2,1H3,(H2,22,23,25)/t18-/m0/s1. The molecule has 2 N–H and O–H groups in total. The van der Waals surface area contributed by atoms with Gasteiger partial charge in [0.05, 0.1) is 13.2 Å². The van der Waals surface area contributed by atoms with Crippen LogP contribution < -0.4 is 15.4 Å². The number of halogens is 1. The first-order chi connectivity index (χ1) is 12.7. The van der Waals surface area contributed by atoms with E-state index >= 15 is 0 Å². The van der Waals surface area contributed by atoms with Gasteiger partial charge in [0.2, 0.25) is 0 Å². The van der Waals surface area contributed by atoms with Crippen molar-refractivity contribution in [3.05, 3.63) is 59.9 Å². The number of urea groups is 1. The first-order valence-corrected chi connectivity index (χ1v) is 8.85. The van der Waals surface area contributed by atoms with Gasteiger partial charge in [0.1, 0.15) is 11.6 Å². The number of rotatable bonds is 6. The van der Waals surface area contributed by atoms with E-state index in [1.165, 1.54) is 24.3 Å². The molecule has 0 aromatic heterocycles. The van der Waals surface area contributed by atoms with Crippen molar-refractivity contribution < 1.29 is 13.9 Å². The summed E-state index contributed by atoms with van der Waals surface area (Å²) in [5, 5.41) is 5.66. The highest BCUT2D eigenvalue weighted by Gasteiger charge is 2.26. The Labute approximate surface area is 153 Å². The Balaban J connectivity index is 1.67. The monoisotopic (exact) mass is 357 g/mol. The van der Waals surface area contributed by atoms with Crippen molar-refractivity contribution in [2.75, 3.05) is 32.1 Å². The van der Waals surface area contributed by atoms with Gasteiger partial charge >= 0.3 is 6.03 Å². The van der Waals surface area contributed by atoms with Crippen molar-refractivity contribution >= 4 is 11.7 Å². The highest BCUT2D eigenvalue weighted by atomic mass is 19.1. The van der Waals surface area contributed by atoms with Crippen LogP contribution in [0.15, 0.2) is 48.5 Å². The van der Waals surface area contributed by atoms with Gasteiger partial charge in [-0.1, -0.05) is 18.2 Å². The number of methoxy groups -OCH3 is 1. The van der Waals surface area contributed by atoms with E-state index in [1.54, 1.807) is 7.11 Å². The van der Waals surface area contributed by atoms with Crippen LogP contribution in [0.25, 0.3) is 0 Å². The Kier molecular flexibility index (Phi) is 6.07. The van der Waals surface area contributed by atoms with Crippen molar-refractivity contribution in [1.82, 2.24) is 10.2 Å². The van der Waals surface area contributed by atoms with Crippen LogP contribution in [0.4, 0.5) is 14.9 Å². The summed E-state index contributed by atoms with van der Waals surface area (Å²) in [4.78, 5) is 14.6. The number of hydrogen-bond donors (Lipinski definition) is 2. The molecule has 138 valence electrons. The maximum Gasteiger partial charge on any atom is 0.319 e. The third kappa shape index (κ3) is 4.52. The minimum Gasteiger partial charge on any atom is -0.496 e. The molecule has 0 radical (unpaired) electrons. The maximum atomic E-state index is 13.0. The molecule has 0 bridgehead atoms. The first-order valence-electron chi connectivity index (χ1n) is 8.85. The van der Waals surface area contributed by atoms with Crippen LogP contribution in [0, 0.1) is 5.82 Å². The molecule has 0 aliphatic carbocycles. The fourth-order valence-corrected chi connectivity index (χ4v) is 3.33. The molecule has 0 spiro atoms. The van der Waals surface area contributed by atoms with Gasteiger partial charge in [-0.15, -0.1) is 0 Å². The average Bonchev–Trinajstić information content (AvgIpc) is 3.18. The Bertz CT molecular complexity index is 730. The Morgan fingerprint density at radius 2 is 1.85 bits per heavy atom. The largest absolute Gasteiger partial charge is 0.496 e. The maximum absolute atomic E-state index is 13.0. The van der Waals surface area contributed by atoms with Crippen LogP contribution in [0.1, 0.15) is 24.4 Å². The summed E-state index contributed by atoms with van der Waals surface area (Å²) < 4.78 is 18.5. The lowest BCUT2D eigenvalue weighted by Gasteiger charge is -2.29. The predicted molar refractivity (Wildman–Crippen MR) is 100.0 cm³/mol. The van der Waals surface area contributed by atoms with Gasteiger partial charge in [-0.2, -0.15) is 0 Å². The van der Waals surface area contributed by atoms with Crippen molar-refractivity contribution in [1.29, 1.82) is 0 Å². The number of benzene rings is 2. The Hall–Kier alpha value is -2.60. The molecule has 1 aliphatic heterocycles. The van der Waals surface area contributed by atoms with Crippen LogP contribution in [0.2, 0.25) is 0 Å². The molecule has 2 amide bonds. The molecule has 2 aromatic rings. The topological polar surface area (TPSA) is 53.6 Å². The molecular weight excluding hydrogens is 333 g/mol. The molecule has 6 heteroatoms. The Morgan fingerprint density at radius 1 is 1.15 bits per heavy atom. The summed E-state index contributed by atoms with van der Waals surface area (Å²) in [6.07, 6.45) is 2.32. The zero-order chi connectivity index (χ0) is 18.4. The van der Waals surface area contributed by atoms with Crippen LogP contribution in [-0.4, -0.2) is 37.7 Å². The number of anilines is 1. The fourth-order valence-electron chi connectivity index (χ4n) is 3.33. The van der Waals surface area contributed by atoms with Gasteiger partial charge < -0.3 is 15.4 Å². The second-order valence-electron chi connectivity index (χ2n) is 6.34. The van der Waals surface area contributed by atoms with E-state index < -0.39 is 0 Å². The fraction of sp³-hybridized carbons (Fsp3) is 0.350. The summed E-state index contributed by atoms with van der Waals surface area (Å²) in [5.41, 5.74) is 1.62. The third-order valence-electron chi connectivity index (χ3n) is 4.64. The number of carbonyl (C=O) groups excluding carboxylic acids is 1. The van der Waals surface area contributed by atoms with Gasteiger partial charge in [-0.3, -0.25) is 4.90 Å². The van der Waals surface area contributed by atoms with E-state index in [9.17, 15) is 9.18 Å².